The van der Waals surface area contributed by atoms with Crippen molar-refractivity contribution < 1.29 is 22.8 Å². The van der Waals surface area contributed by atoms with E-state index in [-0.39, 0.29) is 24.4 Å². The van der Waals surface area contributed by atoms with E-state index in [2.05, 4.69) is 25.1 Å². The van der Waals surface area contributed by atoms with Crippen molar-refractivity contribution in [1.29, 1.82) is 0 Å². The standard InChI is InChI=1S/C17H15F2N5O3/c1-8-5-12(24(2)22-8)16(25)20-11-7-26-13-6-9(3-4-10(11)13)15-21-17(14(18)19)27-23-15/h3-6,11,14H,7H2,1-2H3,(H,20,25). The van der Waals surface area contributed by atoms with Gasteiger partial charge in [-0.2, -0.15) is 18.9 Å². The molecule has 0 radical (unpaired) electrons. The normalized spacial score (nSPS) is 15.7. The molecule has 1 amide bonds. The van der Waals surface area contributed by atoms with Crippen molar-refractivity contribution in [2.75, 3.05) is 6.61 Å². The average molecular weight is 375 g/mol. The molecule has 1 aliphatic rings. The third kappa shape index (κ3) is 3.14. The first-order valence-electron chi connectivity index (χ1n) is 8.12. The van der Waals surface area contributed by atoms with Crippen LogP contribution in [0, 0.1) is 6.92 Å². The lowest BCUT2D eigenvalue weighted by Crippen LogP contribution is -2.30. The van der Waals surface area contributed by atoms with Crippen LogP contribution in [-0.2, 0) is 7.05 Å². The predicted molar refractivity (Wildman–Crippen MR) is 88.3 cm³/mol. The van der Waals surface area contributed by atoms with Gasteiger partial charge >= 0.3 is 6.43 Å². The topological polar surface area (TPSA) is 95.1 Å². The average Bonchev–Trinajstić information content (AvgIpc) is 3.33. The summed E-state index contributed by atoms with van der Waals surface area (Å²) in [6, 6.07) is 6.41. The molecule has 0 aliphatic carbocycles. The minimum Gasteiger partial charge on any atom is -0.491 e. The van der Waals surface area contributed by atoms with Crippen LogP contribution in [0.4, 0.5) is 8.78 Å². The van der Waals surface area contributed by atoms with Crippen molar-refractivity contribution in [2.24, 2.45) is 7.05 Å². The number of halogens is 2. The minimum absolute atomic E-state index is 0.0505. The Morgan fingerprint density at radius 1 is 1.37 bits per heavy atom. The number of aromatic nitrogens is 4. The Balaban J connectivity index is 1.54. The Morgan fingerprint density at radius 3 is 2.85 bits per heavy atom. The molecule has 8 nitrogen and oxygen atoms in total. The lowest BCUT2D eigenvalue weighted by Gasteiger charge is -2.11. The van der Waals surface area contributed by atoms with Crippen LogP contribution in [0.25, 0.3) is 11.4 Å². The van der Waals surface area contributed by atoms with Gasteiger partial charge in [-0.15, -0.1) is 0 Å². The molecular weight excluding hydrogens is 360 g/mol. The van der Waals surface area contributed by atoms with Crippen LogP contribution < -0.4 is 10.1 Å². The molecule has 27 heavy (non-hydrogen) atoms. The first-order chi connectivity index (χ1) is 12.9. The molecule has 4 rings (SSSR count). The number of rotatable bonds is 4. The molecule has 0 bridgehead atoms. The van der Waals surface area contributed by atoms with E-state index in [1.807, 2.05) is 6.92 Å². The fraction of sp³-hybridized carbons (Fsp3) is 0.294. The molecule has 1 N–H and O–H groups in total. The number of fused-ring (bicyclic) bond motifs is 1. The SMILES string of the molecule is Cc1cc(C(=O)NC2COc3cc(-c4noc(C(F)F)n4)ccc32)n(C)n1. The summed E-state index contributed by atoms with van der Waals surface area (Å²) in [5.74, 6) is -0.414. The molecule has 0 spiro atoms. The zero-order valence-electron chi connectivity index (χ0n) is 14.4. The summed E-state index contributed by atoms with van der Waals surface area (Å²) in [4.78, 5) is 16.1. The quantitative estimate of drug-likeness (QED) is 0.753. The molecule has 1 atom stereocenters. The maximum atomic E-state index is 12.6. The van der Waals surface area contributed by atoms with Crippen LogP contribution in [0.3, 0.4) is 0 Å². The van der Waals surface area contributed by atoms with Crippen LogP contribution >= 0.6 is 0 Å². The van der Waals surface area contributed by atoms with Crippen LogP contribution in [0.15, 0.2) is 28.8 Å². The molecule has 140 valence electrons. The van der Waals surface area contributed by atoms with Gasteiger partial charge in [0.1, 0.15) is 18.1 Å². The van der Waals surface area contributed by atoms with E-state index in [1.165, 1.54) is 4.68 Å². The molecule has 1 aliphatic heterocycles. The lowest BCUT2D eigenvalue weighted by molar-refractivity contribution is 0.0920. The maximum Gasteiger partial charge on any atom is 0.315 e. The van der Waals surface area contributed by atoms with E-state index < -0.39 is 12.3 Å². The summed E-state index contributed by atoms with van der Waals surface area (Å²) in [5.41, 5.74) is 2.46. The van der Waals surface area contributed by atoms with Crippen LogP contribution in [0.1, 0.15) is 40.1 Å². The van der Waals surface area contributed by atoms with Gasteiger partial charge < -0.3 is 14.6 Å². The monoisotopic (exact) mass is 375 g/mol. The highest BCUT2D eigenvalue weighted by Crippen LogP contribution is 2.35. The van der Waals surface area contributed by atoms with Gasteiger partial charge in [-0.25, -0.2) is 0 Å². The third-order valence-electron chi connectivity index (χ3n) is 4.22. The molecule has 3 aromatic rings. The molecule has 0 fully saturated rings. The number of carbonyl (C=O) groups is 1. The number of benzene rings is 1. The highest BCUT2D eigenvalue weighted by Gasteiger charge is 2.28. The minimum atomic E-state index is -2.83. The fourth-order valence-corrected chi connectivity index (χ4v) is 2.97. The number of hydrogen-bond donors (Lipinski definition) is 1. The number of aryl methyl sites for hydroxylation is 2. The van der Waals surface area contributed by atoms with Crippen molar-refractivity contribution in [1.82, 2.24) is 25.2 Å². The van der Waals surface area contributed by atoms with Crippen molar-refractivity contribution in [3.63, 3.8) is 0 Å². The Kier molecular flexibility index (Phi) is 4.09. The second-order valence-corrected chi connectivity index (χ2v) is 6.14. The molecule has 3 heterocycles. The highest BCUT2D eigenvalue weighted by molar-refractivity contribution is 5.93. The molecule has 10 heteroatoms. The van der Waals surface area contributed by atoms with Crippen molar-refractivity contribution in [3.8, 4) is 17.1 Å². The second-order valence-electron chi connectivity index (χ2n) is 6.14. The lowest BCUT2D eigenvalue weighted by atomic mass is 10.1. The fourth-order valence-electron chi connectivity index (χ4n) is 2.97. The number of carbonyl (C=O) groups excluding carboxylic acids is 1. The first kappa shape index (κ1) is 17.1. The highest BCUT2D eigenvalue weighted by atomic mass is 19.3. The van der Waals surface area contributed by atoms with Gasteiger partial charge in [0.2, 0.25) is 5.82 Å². The zero-order valence-corrected chi connectivity index (χ0v) is 14.4. The van der Waals surface area contributed by atoms with Gasteiger partial charge in [-0.3, -0.25) is 9.48 Å². The Bertz CT molecular complexity index is 1010. The summed E-state index contributed by atoms with van der Waals surface area (Å²) >= 11 is 0. The van der Waals surface area contributed by atoms with E-state index in [9.17, 15) is 13.6 Å². The smallest absolute Gasteiger partial charge is 0.315 e. The second kappa shape index (κ2) is 6.45. The number of amides is 1. The van der Waals surface area contributed by atoms with Gasteiger partial charge in [0.15, 0.2) is 0 Å². The molecule has 2 aromatic heterocycles. The van der Waals surface area contributed by atoms with E-state index in [4.69, 9.17) is 4.74 Å². The van der Waals surface area contributed by atoms with E-state index in [1.54, 1.807) is 31.3 Å². The Morgan fingerprint density at radius 2 is 2.19 bits per heavy atom. The van der Waals surface area contributed by atoms with E-state index in [0.29, 0.717) is 17.0 Å². The summed E-state index contributed by atoms with van der Waals surface area (Å²) in [6.45, 7) is 2.07. The Hall–Kier alpha value is -3.30. The van der Waals surface area contributed by atoms with Gasteiger partial charge in [-0.1, -0.05) is 17.3 Å². The number of nitrogens with zero attached hydrogens (tertiary/aromatic N) is 4. The van der Waals surface area contributed by atoms with Crippen molar-refractivity contribution in [3.05, 3.63) is 47.1 Å². The van der Waals surface area contributed by atoms with Crippen molar-refractivity contribution >= 4 is 5.91 Å². The molecule has 1 unspecified atom stereocenters. The van der Waals surface area contributed by atoms with Crippen LogP contribution in [0.5, 0.6) is 5.75 Å². The van der Waals surface area contributed by atoms with Gasteiger partial charge in [-0.05, 0) is 19.1 Å². The third-order valence-corrected chi connectivity index (χ3v) is 4.22. The summed E-state index contributed by atoms with van der Waals surface area (Å²) in [5, 5.41) is 10.6. The van der Waals surface area contributed by atoms with E-state index >= 15 is 0 Å². The maximum absolute atomic E-state index is 12.6. The largest absolute Gasteiger partial charge is 0.491 e. The van der Waals surface area contributed by atoms with Gasteiger partial charge in [0, 0.05) is 18.2 Å². The predicted octanol–water partition coefficient (Wildman–Crippen LogP) is 2.58. The van der Waals surface area contributed by atoms with Crippen LogP contribution in [-0.4, -0.2) is 32.4 Å². The van der Waals surface area contributed by atoms with Crippen LogP contribution in [0.2, 0.25) is 0 Å². The van der Waals surface area contributed by atoms with Gasteiger partial charge in [0.05, 0.1) is 11.7 Å². The summed E-state index contributed by atoms with van der Waals surface area (Å²) < 4.78 is 36.8. The van der Waals surface area contributed by atoms with Gasteiger partial charge in [0.25, 0.3) is 11.8 Å². The summed E-state index contributed by atoms with van der Waals surface area (Å²) in [6.07, 6.45) is -2.83. The number of hydrogen-bond acceptors (Lipinski definition) is 6. The van der Waals surface area contributed by atoms with E-state index in [0.717, 1.165) is 11.3 Å². The molecule has 0 saturated heterocycles. The number of alkyl halides is 2. The first-order valence-corrected chi connectivity index (χ1v) is 8.12. The Labute approximate surface area is 152 Å². The molecule has 1 aromatic carbocycles. The van der Waals surface area contributed by atoms with Crippen molar-refractivity contribution in [2.45, 2.75) is 19.4 Å². The number of nitrogens with one attached hydrogen (secondary N) is 1. The summed E-state index contributed by atoms with van der Waals surface area (Å²) in [7, 11) is 1.70. The number of ether oxygens (including phenoxy) is 1. The zero-order chi connectivity index (χ0) is 19.1. The molecule has 0 saturated carbocycles. The molecular formula is C17H15F2N5O3.